The number of hydrogen-bond acceptors (Lipinski definition) is 5. The Morgan fingerprint density at radius 1 is 1.32 bits per heavy atom. The molecule has 6 nitrogen and oxygen atoms in total. The Labute approximate surface area is 113 Å². The number of ether oxygens (including phenoxy) is 1. The Morgan fingerprint density at radius 3 is 2.42 bits per heavy atom. The number of aryl methyl sites for hydroxylation is 1. The van der Waals surface area contributed by atoms with E-state index in [-0.39, 0.29) is 4.90 Å². The van der Waals surface area contributed by atoms with Crippen molar-refractivity contribution in [2.45, 2.75) is 24.8 Å². The van der Waals surface area contributed by atoms with Gasteiger partial charge in [-0.05, 0) is 37.6 Å². The third-order valence-electron chi connectivity index (χ3n) is 2.52. The van der Waals surface area contributed by atoms with E-state index in [1.165, 1.54) is 12.1 Å². The highest BCUT2D eigenvalue weighted by atomic mass is 32.2. The lowest BCUT2D eigenvalue weighted by atomic mass is 10.2. The van der Waals surface area contributed by atoms with E-state index < -0.39 is 29.3 Å². The second-order valence-electron chi connectivity index (χ2n) is 4.04. The predicted molar refractivity (Wildman–Crippen MR) is 70.6 cm³/mol. The van der Waals surface area contributed by atoms with Crippen molar-refractivity contribution < 1.29 is 23.4 Å². The first-order valence-corrected chi connectivity index (χ1v) is 7.40. The maximum atomic E-state index is 12.0. The molecule has 0 amide bonds. The van der Waals surface area contributed by atoms with Crippen molar-refractivity contribution in [3.63, 3.8) is 0 Å². The summed E-state index contributed by atoms with van der Waals surface area (Å²) in [6.07, 6.45) is 0. The fraction of sp³-hybridized carbons (Fsp3) is 0.500. The van der Waals surface area contributed by atoms with Crippen LogP contribution in [0, 0.1) is 6.92 Å². The standard InChI is InChI=1S/C12H19NO5S/c1-3-18-12-5-4-11(6-9(12)2)19(16,17)13-10(7-14)8-15/h4-6,10,13-15H,3,7-8H2,1-2H3. The lowest BCUT2D eigenvalue weighted by Gasteiger charge is -2.15. The van der Waals surface area contributed by atoms with Crippen molar-refractivity contribution in [3.05, 3.63) is 23.8 Å². The summed E-state index contributed by atoms with van der Waals surface area (Å²) in [7, 11) is -3.76. The van der Waals surface area contributed by atoms with Crippen LogP contribution >= 0.6 is 0 Å². The number of benzene rings is 1. The van der Waals surface area contributed by atoms with Crippen LogP contribution < -0.4 is 9.46 Å². The summed E-state index contributed by atoms with van der Waals surface area (Å²) in [6.45, 7) is 3.16. The van der Waals surface area contributed by atoms with Crippen LogP contribution in [0.3, 0.4) is 0 Å². The van der Waals surface area contributed by atoms with Crippen molar-refractivity contribution in [3.8, 4) is 5.75 Å². The van der Waals surface area contributed by atoms with E-state index in [4.69, 9.17) is 14.9 Å². The molecule has 0 fully saturated rings. The van der Waals surface area contributed by atoms with Crippen LogP contribution in [0.15, 0.2) is 23.1 Å². The van der Waals surface area contributed by atoms with Gasteiger partial charge in [0.25, 0.3) is 0 Å². The molecular weight excluding hydrogens is 270 g/mol. The molecule has 0 bridgehead atoms. The van der Waals surface area contributed by atoms with Gasteiger partial charge in [0.05, 0.1) is 30.8 Å². The van der Waals surface area contributed by atoms with Gasteiger partial charge in [-0.3, -0.25) is 0 Å². The van der Waals surface area contributed by atoms with Gasteiger partial charge >= 0.3 is 0 Å². The third-order valence-corrected chi connectivity index (χ3v) is 4.04. The number of rotatable bonds is 7. The molecule has 0 saturated carbocycles. The van der Waals surface area contributed by atoms with Gasteiger partial charge in [0, 0.05) is 0 Å². The first-order valence-electron chi connectivity index (χ1n) is 5.92. The monoisotopic (exact) mass is 289 g/mol. The van der Waals surface area contributed by atoms with E-state index in [1.54, 1.807) is 13.0 Å². The average Bonchev–Trinajstić information content (AvgIpc) is 2.38. The second-order valence-corrected chi connectivity index (χ2v) is 5.76. The van der Waals surface area contributed by atoms with Gasteiger partial charge in [0.1, 0.15) is 5.75 Å². The number of hydrogen-bond donors (Lipinski definition) is 3. The Bertz CT molecular complexity index is 511. The fourth-order valence-corrected chi connectivity index (χ4v) is 2.83. The Kier molecular flexibility index (Phi) is 5.74. The molecule has 0 aromatic heterocycles. The van der Waals surface area contributed by atoms with Crippen molar-refractivity contribution >= 4 is 10.0 Å². The van der Waals surface area contributed by atoms with Gasteiger partial charge in [0.15, 0.2) is 0 Å². The molecule has 0 aliphatic carbocycles. The van der Waals surface area contributed by atoms with E-state index >= 15 is 0 Å². The van der Waals surface area contributed by atoms with Crippen molar-refractivity contribution in [2.75, 3.05) is 19.8 Å². The van der Waals surface area contributed by atoms with E-state index in [0.29, 0.717) is 17.9 Å². The summed E-state index contributed by atoms with van der Waals surface area (Å²) in [5, 5.41) is 17.8. The van der Waals surface area contributed by atoms with Crippen LogP contribution in [0.1, 0.15) is 12.5 Å². The highest BCUT2D eigenvalue weighted by Gasteiger charge is 2.19. The molecule has 0 radical (unpaired) electrons. The summed E-state index contributed by atoms with van der Waals surface area (Å²) in [5.41, 5.74) is 0.703. The minimum absolute atomic E-state index is 0.0698. The smallest absolute Gasteiger partial charge is 0.240 e. The highest BCUT2D eigenvalue weighted by Crippen LogP contribution is 2.21. The zero-order chi connectivity index (χ0) is 14.5. The quantitative estimate of drug-likeness (QED) is 0.658. The molecule has 7 heteroatoms. The molecule has 3 N–H and O–H groups in total. The van der Waals surface area contributed by atoms with Crippen LogP contribution in [0.4, 0.5) is 0 Å². The molecule has 1 aromatic rings. The fourth-order valence-electron chi connectivity index (χ4n) is 1.53. The minimum atomic E-state index is -3.76. The maximum absolute atomic E-state index is 12.0. The van der Waals surface area contributed by atoms with Gasteiger partial charge in [-0.25, -0.2) is 13.1 Å². The normalized spacial score (nSPS) is 11.8. The molecule has 19 heavy (non-hydrogen) atoms. The summed E-state index contributed by atoms with van der Waals surface area (Å²) in [5.74, 6) is 0.627. The molecule has 0 heterocycles. The molecule has 0 aliphatic rings. The topological polar surface area (TPSA) is 95.9 Å². The lowest BCUT2D eigenvalue weighted by Crippen LogP contribution is -2.40. The van der Waals surface area contributed by atoms with Gasteiger partial charge in [-0.15, -0.1) is 0 Å². The first kappa shape index (κ1) is 15.9. The maximum Gasteiger partial charge on any atom is 0.240 e. The second kappa shape index (κ2) is 6.85. The van der Waals surface area contributed by atoms with Crippen LogP contribution in [0.2, 0.25) is 0 Å². The average molecular weight is 289 g/mol. The number of aliphatic hydroxyl groups excluding tert-OH is 2. The SMILES string of the molecule is CCOc1ccc(S(=O)(=O)NC(CO)CO)cc1C. The molecule has 0 unspecified atom stereocenters. The molecule has 0 aliphatic heterocycles. The lowest BCUT2D eigenvalue weighted by molar-refractivity contribution is 0.185. The van der Waals surface area contributed by atoms with Gasteiger partial charge in [-0.1, -0.05) is 0 Å². The van der Waals surface area contributed by atoms with Gasteiger partial charge in [-0.2, -0.15) is 0 Å². The van der Waals surface area contributed by atoms with Crippen molar-refractivity contribution in [2.24, 2.45) is 0 Å². The van der Waals surface area contributed by atoms with E-state index in [1.807, 2.05) is 6.92 Å². The van der Waals surface area contributed by atoms with E-state index in [2.05, 4.69) is 4.72 Å². The summed E-state index contributed by atoms with van der Waals surface area (Å²) >= 11 is 0. The van der Waals surface area contributed by atoms with Crippen LogP contribution in [0.25, 0.3) is 0 Å². The number of sulfonamides is 1. The summed E-state index contributed by atoms with van der Waals surface area (Å²) in [4.78, 5) is 0.0698. The minimum Gasteiger partial charge on any atom is -0.494 e. The summed E-state index contributed by atoms with van der Waals surface area (Å²) in [6, 6.07) is 3.59. The molecule has 0 spiro atoms. The van der Waals surface area contributed by atoms with Crippen molar-refractivity contribution in [1.82, 2.24) is 4.72 Å². The van der Waals surface area contributed by atoms with Gasteiger partial charge < -0.3 is 14.9 Å². The Hall–Kier alpha value is -1.15. The largest absolute Gasteiger partial charge is 0.494 e. The molecular formula is C12H19NO5S. The zero-order valence-electron chi connectivity index (χ0n) is 11.0. The molecule has 0 atom stereocenters. The van der Waals surface area contributed by atoms with Crippen LogP contribution in [0.5, 0.6) is 5.75 Å². The Balaban J connectivity index is 2.99. The summed E-state index contributed by atoms with van der Waals surface area (Å²) < 4.78 is 31.6. The molecule has 1 rings (SSSR count). The van der Waals surface area contributed by atoms with E-state index in [0.717, 1.165) is 0 Å². The van der Waals surface area contributed by atoms with Crippen LogP contribution in [-0.2, 0) is 10.0 Å². The molecule has 0 saturated heterocycles. The zero-order valence-corrected chi connectivity index (χ0v) is 11.8. The van der Waals surface area contributed by atoms with E-state index in [9.17, 15) is 8.42 Å². The molecule has 108 valence electrons. The van der Waals surface area contributed by atoms with Crippen LogP contribution in [-0.4, -0.2) is 44.5 Å². The van der Waals surface area contributed by atoms with Crippen molar-refractivity contribution in [1.29, 1.82) is 0 Å². The predicted octanol–water partition coefficient (Wildman–Crippen LogP) is 0.0252. The Morgan fingerprint density at radius 2 is 1.95 bits per heavy atom. The first-order chi connectivity index (χ1) is 8.94. The number of aliphatic hydroxyl groups is 2. The highest BCUT2D eigenvalue weighted by molar-refractivity contribution is 7.89. The number of nitrogens with one attached hydrogen (secondary N) is 1. The molecule has 1 aromatic carbocycles. The third kappa shape index (κ3) is 4.17. The van der Waals surface area contributed by atoms with Gasteiger partial charge in [0.2, 0.25) is 10.0 Å².